The van der Waals surface area contributed by atoms with Crippen molar-refractivity contribution in [3.8, 4) is 0 Å². The lowest BCUT2D eigenvalue weighted by atomic mass is 10.3. The molecule has 0 amide bonds. The predicted molar refractivity (Wildman–Crippen MR) is 80.9 cm³/mol. The molecule has 5 nitrogen and oxygen atoms in total. The fourth-order valence-electron chi connectivity index (χ4n) is 2.08. The summed E-state index contributed by atoms with van der Waals surface area (Å²) in [7, 11) is -3.51. The van der Waals surface area contributed by atoms with Crippen molar-refractivity contribution in [1.82, 2.24) is 10.0 Å². The summed E-state index contributed by atoms with van der Waals surface area (Å²) < 4.78 is 33.0. The molecule has 0 spiro atoms. The lowest BCUT2D eigenvalue weighted by molar-refractivity contribution is 0.447. The van der Waals surface area contributed by atoms with Gasteiger partial charge in [-0.15, -0.1) is 0 Å². The van der Waals surface area contributed by atoms with Gasteiger partial charge in [0.05, 0.1) is 6.54 Å². The molecule has 0 aliphatic heterocycles. The Bertz CT molecular complexity index is 568. The normalized spacial score (nSPS) is 22.4. The third kappa shape index (κ3) is 3.84. The summed E-state index contributed by atoms with van der Waals surface area (Å²) in [6, 6.07) is 1.96. The summed E-state index contributed by atoms with van der Waals surface area (Å²) in [6.45, 7) is 6.62. The number of halogens is 1. The zero-order chi connectivity index (χ0) is 14.9. The first-order chi connectivity index (χ1) is 9.33. The fraction of sp³-hybridized carbons (Fsp3) is 0.692. The average molecular weight is 365 g/mol. The zero-order valence-corrected chi connectivity index (χ0v) is 14.3. The van der Waals surface area contributed by atoms with Crippen molar-refractivity contribution in [2.75, 3.05) is 0 Å². The maximum atomic E-state index is 12.3. The van der Waals surface area contributed by atoms with Gasteiger partial charge in [0.2, 0.25) is 10.0 Å². The van der Waals surface area contributed by atoms with Gasteiger partial charge >= 0.3 is 0 Å². The molecule has 7 heteroatoms. The summed E-state index contributed by atoms with van der Waals surface area (Å²) in [6.07, 6.45) is 1.93. The average Bonchev–Trinajstić information content (AvgIpc) is 2.97. The molecule has 0 bridgehead atoms. The van der Waals surface area contributed by atoms with Gasteiger partial charge in [-0.3, -0.25) is 0 Å². The van der Waals surface area contributed by atoms with Crippen LogP contribution in [0.25, 0.3) is 0 Å². The van der Waals surface area contributed by atoms with Crippen LogP contribution in [0.2, 0.25) is 0 Å². The molecule has 2 unspecified atom stereocenters. The van der Waals surface area contributed by atoms with Gasteiger partial charge < -0.3 is 9.73 Å². The van der Waals surface area contributed by atoms with Crippen LogP contribution >= 0.6 is 15.9 Å². The van der Waals surface area contributed by atoms with Crippen LogP contribution in [-0.4, -0.2) is 20.5 Å². The van der Waals surface area contributed by atoms with Gasteiger partial charge in [-0.25, -0.2) is 13.1 Å². The highest BCUT2D eigenvalue weighted by atomic mass is 79.9. The van der Waals surface area contributed by atoms with Crippen molar-refractivity contribution in [1.29, 1.82) is 0 Å². The van der Waals surface area contributed by atoms with Crippen LogP contribution in [-0.2, 0) is 16.6 Å². The molecule has 1 saturated carbocycles. The molecule has 1 aromatic heterocycles. The van der Waals surface area contributed by atoms with E-state index in [9.17, 15) is 8.42 Å². The Morgan fingerprint density at radius 1 is 1.50 bits per heavy atom. The van der Waals surface area contributed by atoms with Crippen LogP contribution in [0.5, 0.6) is 0 Å². The van der Waals surface area contributed by atoms with E-state index in [2.05, 4.69) is 32.9 Å². The van der Waals surface area contributed by atoms with Gasteiger partial charge in [-0.1, -0.05) is 27.2 Å². The highest BCUT2D eigenvalue weighted by Crippen LogP contribution is 2.35. The predicted octanol–water partition coefficient (Wildman–Crippen LogP) is 2.62. The zero-order valence-electron chi connectivity index (χ0n) is 11.9. The molecule has 1 aromatic rings. The number of sulfonamides is 1. The number of nitrogens with one attached hydrogen (secondary N) is 2. The minimum atomic E-state index is -3.51. The van der Waals surface area contributed by atoms with Crippen LogP contribution < -0.4 is 10.0 Å². The van der Waals surface area contributed by atoms with E-state index in [4.69, 9.17) is 4.42 Å². The Morgan fingerprint density at radius 3 is 2.75 bits per heavy atom. The quantitative estimate of drug-likeness (QED) is 0.779. The van der Waals surface area contributed by atoms with Crippen molar-refractivity contribution in [2.24, 2.45) is 5.92 Å². The second-order valence-electron chi connectivity index (χ2n) is 5.52. The number of rotatable bonds is 7. The smallest absolute Gasteiger partial charge is 0.245 e. The third-order valence-electron chi connectivity index (χ3n) is 3.43. The molecule has 2 rings (SSSR count). The van der Waals surface area contributed by atoms with Gasteiger partial charge in [0.15, 0.2) is 4.67 Å². The molecule has 1 heterocycles. The molecular weight excluding hydrogens is 344 g/mol. The van der Waals surface area contributed by atoms with Crippen molar-refractivity contribution < 1.29 is 12.8 Å². The van der Waals surface area contributed by atoms with E-state index in [-0.39, 0.29) is 15.6 Å². The molecule has 20 heavy (non-hydrogen) atoms. The fourth-order valence-corrected chi connectivity index (χ4v) is 4.39. The monoisotopic (exact) mass is 364 g/mol. The van der Waals surface area contributed by atoms with Crippen molar-refractivity contribution in [3.05, 3.63) is 16.5 Å². The van der Waals surface area contributed by atoms with E-state index in [1.54, 1.807) is 6.07 Å². The lowest BCUT2D eigenvalue weighted by Crippen LogP contribution is -2.27. The Morgan fingerprint density at radius 2 is 2.20 bits per heavy atom. The third-order valence-corrected chi connectivity index (χ3v) is 5.78. The minimum Gasteiger partial charge on any atom is -0.452 e. The van der Waals surface area contributed by atoms with Gasteiger partial charge in [0, 0.05) is 18.2 Å². The summed E-state index contributed by atoms with van der Waals surface area (Å²) in [5.41, 5.74) is 0. The van der Waals surface area contributed by atoms with E-state index in [1.165, 1.54) is 0 Å². The topological polar surface area (TPSA) is 71.3 Å². The van der Waals surface area contributed by atoms with Gasteiger partial charge in [0.1, 0.15) is 10.7 Å². The summed E-state index contributed by atoms with van der Waals surface area (Å²) >= 11 is 3.19. The van der Waals surface area contributed by atoms with Gasteiger partial charge in [-0.2, -0.15) is 0 Å². The van der Waals surface area contributed by atoms with E-state index < -0.39 is 10.0 Å². The Balaban J connectivity index is 2.07. The molecule has 1 aliphatic carbocycles. The minimum absolute atomic E-state index is 0.0732. The largest absolute Gasteiger partial charge is 0.452 e. The Kier molecular flexibility index (Phi) is 4.94. The van der Waals surface area contributed by atoms with Crippen LogP contribution in [0.1, 0.15) is 39.4 Å². The lowest BCUT2D eigenvalue weighted by Gasteiger charge is -2.04. The summed E-state index contributed by atoms with van der Waals surface area (Å²) in [4.78, 5) is 0.180. The first-order valence-electron chi connectivity index (χ1n) is 6.87. The molecule has 0 saturated heterocycles. The first-order valence-corrected chi connectivity index (χ1v) is 9.15. The van der Waals surface area contributed by atoms with Gasteiger partial charge in [0.25, 0.3) is 0 Å². The van der Waals surface area contributed by atoms with Crippen molar-refractivity contribution >= 4 is 26.0 Å². The van der Waals surface area contributed by atoms with Crippen LogP contribution in [0.15, 0.2) is 20.0 Å². The Labute approximate surface area is 128 Å². The number of hydrogen-bond acceptors (Lipinski definition) is 4. The van der Waals surface area contributed by atoms with E-state index >= 15 is 0 Å². The molecule has 2 atom stereocenters. The van der Waals surface area contributed by atoms with E-state index in [0.717, 1.165) is 12.8 Å². The maximum absolute atomic E-state index is 12.3. The molecular formula is C13H21BrN2O3S. The standard InChI is InChI=1S/C13H21BrN2O3S/c1-4-9-5-11(9)16-20(17,18)12-6-10(19-13(12)14)7-15-8(2)3/h6,8-9,11,15-16H,4-5,7H2,1-3H3. The van der Waals surface area contributed by atoms with Crippen molar-refractivity contribution in [2.45, 2.75) is 57.1 Å². The maximum Gasteiger partial charge on any atom is 0.245 e. The molecule has 0 aromatic carbocycles. The summed E-state index contributed by atoms with van der Waals surface area (Å²) in [5, 5.41) is 3.19. The van der Waals surface area contributed by atoms with E-state index in [0.29, 0.717) is 24.3 Å². The molecule has 1 aliphatic rings. The van der Waals surface area contributed by atoms with Crippen molar-refractivity contribution in [3.63, 3.8) is 0 Å². The van der Waals surface area contributed by atoms with Crippen LogP contribution in [0.4, 0.5) is 0 Å². The molecule has 114 valence electrons. The second kappa shape index (κ2) is 6.17. The highest BCUT2D eigenvalue weighted by molar-refractivity contribution is 9.10. The number of furan rings is 1. The summed E-state index contributed by atoms with van der Waals surface area (Å²) in [5.74, 6) is 1.08. The highest BCUT2D eigenvalue weighted by Gasteiger charge is 2.39. The SMILES string of the molecule is CCC1CC1NS(=O)(=O)c1cc(CNC(C)C)oc1Br. The van der Waals surface area contributed by atoms with Crippen LogP contribution in [0.3, 0.4) is 0 Å². The molecule has 1 fully saturated rings. The van der Waals surface area contributed by atoms with Gasteiger partial charge in [-0.05, 0) is 28.3 Å². The molecule has 2 N–H and O–H groups in total. The Hall–Kier alpha value is -0.370. The van der Waals surface area contributed by atoms with E-state index in [1.807, 2.05) is 13.8 Å². The van der Waals surface area contributed by atoms with Crippen LogP contribution in [0, 0.1) is 5.92 Å². The number of hydrogen-bond donors (Lipinski definition) is 2. The second-order valence-corrected chi connectivity index (χ2v) is 7.92. The first kappa shape index (κ1) is 16.0. The molecule has 0 radical (unpaired) electrons.